The summed E-state index contributed by atoms with van der Waals surface area (Å²) in [5, 5.41) is 5.47. The number of hydrogen-bond donors (Lipinski definition) is 1. The molecule has 3 nitrogen and oxygen atoms in total. The number of fused-ring (bicyclic) bond motifs is 1. The molecule has 1 N–H and O–H groups in total. The highest BCUT2D eigenvalue weighted by molar-refractivity contribution is 5.85. The third kappa shape index (κ3) is 1.80. The topological polar surface area (TPSA) is 33.6 Å². The Morgan fingerprint density at radius 3 is 2.55 bits per heavy atom. The quantitative estimate of drug-likeness (QED) is 0.579. The Labute approximate surface area is 116 Å². The molecule has 0 saturated carbocycles. The first kappa shape index (κ1) is 11.1. The summed E-state index contributed by atoms with van der Waals surface area (Å²) >= 11 is 0. The molecule has 0 radical (unpaired) electrons. The SMILES string of the molecule is c1cnn(-c2ccc(-c3ccc4[nH]ccc4c3)cc2)c1. The second-order valence-corrected chi connectivity index (χ2v) is 4.78. The minimum absolute atomic E-state index is 1.07. The Hall–Kier alpha value is -2.81. The molecule has 0 aliphatic carbocycles. The molecule has 0 aliphatic heterocycles. The van der Waals surface area contributed by atoms with E-state index in [1.165, 1.54) is 22.0 Å². The van der Waals surface area contributed by atoms with Crippen LogP contribution in [0.25, 0.3) is 27.7 Å². The maximum Gasteiger partial charge on any atom is 0.0645 e. The Kier molecular flexibility index (Phi) is 2.42. The number of H-pyrrole nitrogens is 1. The maximum absolute atomic E-state index is 4.24. The molecular weight excluding hydrogens is 246 g/mol. The lowest BCUT2D eigenvalue weighted by Crippen LogP contribution is -1.93. The van der Waals surface area contributed by atoms with Crippen molar-refractivity contribution in [2.75, 3.05) is 0 Å². The molecule has 0 spiro atoms. The second-order valence-electron chi connectivity index (χ2n) is 4.78. The Morgan fingerprint density at radius 2 is 1.75 bits per heavy atom. The summed E-state index contributed by atoms with van der Waals surface area (Å²) in [5.74, 6) is 0. The van der Waals surface area contributed by atoms with Crippen LogP contribution in [0.5, 0.6) is 0 Å². The number of aromatic amines is 1. The molecule has 3 heteroatoms. The van der Waals surface area contributed by atoms with E-state index in [9.17, 15) is 0 Å². The molecule has 0 aliphatic rings. The monoisotopic (exact) mass is 259 g/mol. The fourth-order valence-electron chi connectivity index (χ4n) is 2.46. The molecule has 0 unspecified atom stereocenters. The first-order valence-electron chi connectivity index (χ1n) is 6.58. The minimum Gasteiger partial charge on any atom is -0.361 e. The fraction of sp³-hybridized carbons (Fsp3) is 0. The van der Waals surface area contributed by atoms with Gasteiger partial charge in [0.15, 0.2) is 0 Å². The van der Waals surface area contributed by atoms with Crippen molar-refractivity contribution in [3.63, 3.8) is 0 Å². The van der Waals surface area contributed by atoms with Crippen LogP contribution >= 0.6 is 0 Å². The van der Waals surface area contributed by atoms with Crippen LogP contribution in [0.1, 0.15) is 0 Å². The zero-order chi connectivity index (χ0) is 13.4. The van der Waals surface area contributed by atoms with Crippen molar-refractivity contribution in [3.05, 3.63) is 73.2 Å². The lowest BCUT2D eigenvalue weighted by Gasteiger charge is -2.05. The average Bonchev–Trinajstić information content (AvgIpc) is 3.18. The van der Waals surface area contributed by atoms with Crippen molar-refractivity contribution in [3.8, 4) is 16.8 Å². The van der Waals surface area contributed by atoms with E-state index in [4.69, 9.17) is 0 Å². The summed E-state index contributed by atoms with van der Waals surface area (Å²) < 4.78 is 1.86. The molecular formula is C17H13N3. The highest BCUT2D eigenvalue weighted by atomic mass is 15.3. The van der Waals surface area contributed by atoms with Crippen molar-refractivity contribution >= 4 is 10.9 Å². The number of hydrogen-bond acceptors (Lipinski definition) is 1. The van der Waals surface area contributed by atoms with E-state index in [1.54, 1.807) is 6.20 Å². The predicted octanol–water partition coefficient (Wildman–Crippen LogP) is 4.02. The number of nitrogens with zero attached hydrogens (tertiary/aromatic N) is 2. The van der Waals surface area contributed by atoms with E-state index in [2.05, 4.69) is 58.6 Å². The summed E-state index contributed by atoms with van der Waals surface area (Å²) in [5.41, 5.74) is 4.68. The van der Waals surface area contributed by atoms with Crippen LogP contribution in [0.3, 0.4) is 0 Å². The van der Waals surface area contributed by atoms with Crippen molar-refractivity contribution in [1.82, 2.24) is 14.8 Å². The molecule has 20 heavy (non-hydrogen) atoms. The van der Waals surface area contributed by atoms with Gasteiger partial charge < -0.3 is 4.98 Å². The van der Waals surface area contributed by atoms with Gasteiger partial charge in [-0.1, -0.05) is 18.2 Å². The van der Waals surface area contributed by atoms with Gasteiger partial charge >= 0.3 is 0 Å². The van der Waals surface area contributed by atoms with E-state index >= 15 is 0 Å². The molecule has 0 fully saturated rings. The highest BCUT2D eigenvalue weighted by Crippen LogP contribution is 2.24. The first-order chi connectivity index (χ1) is 9.90. The number of benzene rings is 2. The van der Waals surface area contributed by atoms with Crippen molar-refractivity contribution in [1.29, 1.82) is 0 Å². The smallest absolute Gasteiger partial charge is 0.0645 e. The van der Waals surface area contributed by atoms with Crippen LogP contribution in [-0.2, 0) is 0 Å². The summed E-state index contributed by atoms with van der Waals surface area (Å²) in [7, 11) is 0. The van der Waals surface area contributed by atoms with E-state index in [0.717, 1.165) is 5.69 Å². The summed E-state index contributed by atoms with van der Waals surface area (Å²) in [6.45, 7) is 0. The number of nitrogens with one attached hydrogen (secondary N) is 1. The Balaban J connectivity index is 1.74. The largest absolute Gasteiger partial charge is 0.361 e. The molecule has 0 atom stereocenters. The van der Waals surface area contributed by atoms with E-state index < -0.39 is 0 Å². The Morgan fingerprint density at radius 1 is 0.900 bits per heavy atom. The zero-order valence-electron chi connectivity index (χ0n) is 10.8. The summed E-state index contributed by atoms with van der Waals surface area (Å²) in [6, 6.07) is 18.9. The van der Waals surface area contributed by atoms with Gasteiger partial charge in [-0.3, -0.25) is 0 Å². The lowest BCUT2D eigenvalue weighted by molar-refractivity contribution is 0.881. The van der Waals surface area contributed by atoms with E-state index in [-0.39, 0.29) is 0 Å². The number of aromatic nitrogens is 3. The van der Waals surface area contributed by atoms with Crippen LogP contribution in [0, 0.1) is 0 Å². The second kappa shape index (κ2) is 4.38. The maximum atomic E-state index is 4.24. The lowest BCUT2D eigenvalue weighted by atomic mass is 10.0. The molecule has 96 valence electrons. The Bertz CT molecular complexity index is 839. The van der Waals surface area contributed by atoms with Crippen LogP contribution in [-0.4, -0.2) is 14.8 Å². The summed E-state index contributed by atoms with van der Waals surface area (Å²) in [4.78, 5) is 3.21. The predicted molar refractivity (Wildman–Crippen MR) is 80.9 cm³/mol. The molecule has 2 aromatic heterocycles. The van der Waals surface area contributed by atoms with E-state index in [1.807, 2.05) is 23.1 Å². The molecule has 4 aromatic rings. The molecule has 4 rings (SSSR count). The standard InChI is InChI=1S/C17H13N3/c1-9-19-20(11-1)16-5-2-13(3-6-16)14-4-7-17-15(12-14)8-10-18-17/h1-12,18H. The molecule has 0 bridgehead atoms. The third-order valence-corrected chi connectivity index (χ3v) is 3.52. The van der Waals surface area contributed by atoms with Gasteiger partial charge in [0, 0.05) is 24.1 Å². The van der Waals surface area contributed by atoms with Gasteiger partial charge in [-0.2, -0.15) is 5.10 Å². The minimum atomic E-state index is 1.07. The fourth-order valence-corrected chi connectivity index (χ4v) is 2.46. The normalized spacial score (nSPS) is 11.0. The first-order valence-corrected chi connectivity index (χ1v) is 6.58. The number of rotatable bonds is 2. The van der Waals surface area contributed by atoms with Crippen LogP contribution in [0.2, 0.25) is 0 Å². The average molecular weight is 259 g/mol. The van der Waals surface area contributed by atoms with Crippen molar-refractivity contribution < 1.29 is 0 Å². The van der Waals surface area contributed by atoms with Crippen LogP contribution in [0.15, 0.2) is 73.2 Å². The van der Waals surface area contributed by atoms with Crippen molar-refractivity contribution in [2.24, 2.45) is 0 Å². The van der Waals surface area contributed by atoms with Gasteiger partial charge in [0.2, 0.25) is 0 Å². The molecule has 2 heterocycles. The molecule has 0 amide bonds. The molecule has 2 aromatic carbocycles. The highest BCUT2D eigenvalue weighted by Gasteiger charge is 2.01. The van der Waals surface area contributed by atoms with Crippen LogP contribution in [0.4, 0.5) is 0 Å². The van der Waals surface area contributed by atoms with Crippen LogP contribution < -0.4 is 0 Å². The summed E-state index contributed by atoms with van der Waals surface area (Å²) in [6.07, 6.45) is 5.70. The van der Waals surface area contributed by atoms with Crippen molar-refractivity contribution in [2.45, 2.75) is 0 Å². The van der Waals surface area contributed by atoms with Gasteiger partial charge in [-0.05, 0) is 52.9 Å². The van der Waals surface area contributed by atoms with Gasteiger partial charge in [-0.25, -0.2) is 4.68 Å². The van der Waals surface area contributed by atoms with E-state index in [0.29, 0.717) is 0 Å². The van der Waals surface area contributed by atoms with Gasteiger partial charge in [0.25, 0.3) is 0 Å². The van der Waals surface area contributed by atoms with Gasteiger partial charge in [0.05, 0.1) is 5.69 Å². The third-order valence-electron chi connectivity index (χ3n) is 3.52. The zero-order valence-corrected chi connectivity index (χ0v) is 10.8. The van der Waals surface area contributed by atoms with Gasteiger partial charge in [0.1, 0.15) is 0 Å². The molecule has 0 saturated heterocycles. The van der Waals surface area contributed by atoms with Gasteiger partial charge in [-0.15, -0.1) is 0 Å².